The molecule has 1 amide bonds. The molecule has 0 saturated heterocycles. The number of ether oxygens (including phenoxy) is 1. The predicted molar refractivity (Wildman–Crippen MR) is 86.4 cm³/mol. The lowest BCUT2D eigenvalue weighted by Crippen LogP contribution is -2.11. The van der Waals surface area contributed by atoms with Crippen LogP contribution in [0.5, 0.6) is 5.75 Å². The molecule has 0 saturated carbocycles. The van der Waals surface area contributed by atoms with Gasteiger partial charge in [0.25, 0.3) is 5.91 Å². The van der Waals surface area contributed by atoms with E-state index in [1.54, 1.807) is 43.1 Å². The van der Waals surface area contributed by atoms with E-state index in [4.69, 9.17) is 4.74 Å². The Morgan fingerprint density at radius 3 is 3.00 bits per heavy atom. The minimum absolute atomic E-state index is 0.235. The first-order valence-corrected chi connectivity index (χ1v) is 7.95. The minimum Gasteiger partial charge on any atom is -0.497 e. The molecular formula is C14H15N3O2S2. The Balaban J connectivity index is 2.00. The number of anilines is 1. The van der Waals surface area contributed by atoms with Crippen LogP contribution in [-0.2, 0) is 0 Å². The van der Waals surface area contributed by atoms with Crippen molar-refractivity contribution in [3.8, 4) is 5.75 Å². The number of methoxy groups -OCH3 is 1. The summed E-state index contributed by atoms with van der Waals surface area (Å²) in [4.78, 5) is 12.1. The summed E-state index contributed by atoms with van der Waals surface area (Å²) in [6.07, 6.45) is 0. The first-order valence-electron chi connectivity index (χ1n) is 6.14. The summed E-state index contributed by atoms with van der Waals surface area (Å²) >= 11 is 2.90. The lowest BCUT2D eigenvalue weighted by molar-refractivity contribution is 0.102. The van der Waals surface area contributed by atoms with E-state index < -0.39 is 0 Å². The maximum Gasteiger partial charge on any atom is 0.257 e. The zero-order valence-corrected chi connectivity index (χ0v) is 13.4. The Hall–Kier alpha value is -1.86. The van der Waals surface area contributed by atoms with Crippen LogP contribution in [0.25, 0.3) is 0 Å². The molecule has 0 aliphatic rings. The average molecular weight is 321 g/mol. The van der Waals surface area contributed by atoms with Crippen LogP contribution in [0.2, 0.25) is 0 Å². The standard InChI is InChI=1S/C14H15N3O2S2/c1-9(2)8-20-14-17-16-13(21-14)15-12(18)10-5-4-6-11(7-10)19-3/h4-7H,1,8H2,2-3H3,(H,15,16,18). The number of hydrogen-bond acceptors (Lipinski definition) is 6. The molecule has 1 N–H and O–H groups in total. The van der Waals surface area contributed by atoms with Crippen molar-refractivity contribution in [3.63, 3.8) is 0 Å². The molecule has 0 radical (unpaired) electrons. The van der Waals surface area contributed by atoms with Gasteiger partial charge in [-0.05, 0) is 25.1 Å². The van der Waals surface area contributed by atoms with Crippen LogP contribution in [0.3, 0.4) is 0 Å². The van der Waals surface area contributed by atoms with Gasteiger partial charge in [0.15, 0.2) is 4.34 Å². The first-order chi connectivity index (χ1) is 10.1. The van der Waals surface area contributed by atoms with Gasteiger partial charge in [-0.25, -0.2) is 0 Å². The second kappa shape index (κ2) is 7.24. The highest BCUT2D eigenvalue weighted by atomic mass is 32.2. The molecule has 21 heavy (non-hydrogen) atoms. The Morgan fingerprint density at radius 2 is 2.29 bits per heavy atom. The molecule has 0 spiro atoms. The van der Waals surface area contributed by atoms with Crippen molar-refractivity contribution in [2.24, 2.45) is 0 Å². The smallest absolute Gasteiger partial charge is 0.257 e. The minimum atomic E-state index is -0.235. The fraction of sp³-hybridized carbons (Fsp3) is 0.214. The van der Waals surface area contributed by atoms with Gasteiger partial charge in [0, 0.05) is 11.3 Å². The molecule has 2 rings (SSSR count). The van der Waals surface area contributed by atoms with Crippen LogP contribution in [0.1, 0.15) is 17.3 Å². The van der Waals surface area contributed by atoms with E-state index in [0.717, 1.165) is 15.7 Å². The fourth-order valence-corrected chi connectivity index (χ4v) is 3.03. The maximum atomic E-state index is 12.1. The van der Waals surface area contributed by atoms with Crippen LogP contribution in [0.4, 0.5) is 5.13 Å². The summed E-state index contributed by atoms with van der Waals surface area (Å²) < 4.78 is 5.90. The van der Waals surface area contributed by atoms with Gasteiger partial charge < -0.3 is 4.74 Å². The molecule has 1 aromatic carbocycles. The molecule has 110 valence electrons. The van der Waals surface area contributed by atoms with Crippen molar-refractivity contribution in [2.75, 3.05) is 18.2 Å². The SMILES string of the molecule is C=C(C)CSc1nnc(NC(=O)c2cccc(OC)c2)s1. The second-order valence-electron chi connectivity index (χ2n) is 4.30. The quantitative estimate of drug-likeness (QED) is 0.501. The maximum absolute atomic E-state index is 12.1. The Morgan fingerprint density at radius 1 is 1.48 bits per heavy atom. The summed E-state index contributed by atoms with van der Waals surface area (Å²) in [5.41, 5.74) is 1.58. The van der Waals surface area contributed by atoms with Crippen molar-refractivity contribution in [1.82, 2.24) is 10.2 Å². The molecule has 5 nitrogen and oxygen atoms in total. The van der Waals surface area contributed by atoms with E-state index in [-0.39, 0.29) is 5.91 Å². The second-order valence-corrected chi connectivity index (χ2v) is 6.50. The van der Waals surface area contributed by atoms with Crippen LogP contribution >= 0.6 is 23.1 Å². The Labute approximate surface area is 131 Å². The Bertz CT molecular complexity index is 655. The third kappa shape index (κ3) is 4.57. The molecule has 0 atom stereocenters. The van der Waals surface area contributed by atoms with E-state index in [9.17, 15) is 4.79 Å². The number of thioether (sulfide) groups is 1. The number of nitrogens with one attached hydrogen (secondary N) is 1. The average Bonchev–Trinajstić information content (AvgIpc) is 2.92. The van der Waals surface area contributed by atoms with Gasteiger partial charge in [-0.2, -0.15) is 0 Å². The molecule has 0 aliphatic heterocycles. The summed E-state index contributed by atoms with van der Waals surface area (Å²) in [5.74, 6) is 1.19. The molecule has 2 aromatic rings. The van der Waals surface area contributed by atoms with Crippen LogP contribution in [-0.4, -0.2) is 29.0 Å². The molecule has 0 unspecified atom stereocenters. The van der Waals surface area contributed by atoms with E-state index in [1.165, 1.54) is 11.3 Å². The molecule has 0 fully saturated rings. The molecule has 1 aromatic heterocycles. The summed E-state index contributed by atoms with van der Waals surface area (Å²) in [7, 11) is 1.56. The van der Waals surface area contributed by atoms with Crippen molar-refractivity contribution in [2.45, 2.75) is 11.3 Å². The normalized spacial score (nSPS) is 10.2. The van der Waals surface area contributed by atoms with E-state index in [2.05, 4.69) is 22.1 Å². The van der Waals surface area contributed by atoms with E-state index >= 15 is 0 Å². The number of carbonyl (C=O) groups excluding carboxylic acids is 1. The monoisotopic (exact) mass is 321 g/mol. The third-order valence-electron chi connectivity index (χ3n) is 2.40. The number of nitrogens with zero attached hydrogens (tertiary/aromatic N) is 2. The van der Waals surface area contributed by atoms with Gasteiger partial charge in [0.1, 0.15) is 5.75 Å². The van der Waals surface area contributed by atoms with Gasteiger partial charge >= 0.3 is 0 Å². The third-order valence-corrected chi connectivity index (χ3v) is 4.60. The first kappa shape index (κ1) is 15.5. The molecule has 0 bridgehead atoms. The molecule has 7 heteroatoms. The number of rotatable bonds is 6. The number of aromatic nitrogens is 2. The molecule has 1 heterocycles. The Kier molecular flexibility index (Phi) is 5.35. The summed E-state index contributed by atoms with van der Waals surface area (Å²) in [5, 5.41) is 11.2. The zero-order valence-electron chi connectivity index (χ0n) is 11.8. The predicted octanol–water partition coefficient (Wildman–Crippen LogP) is 3.47. The van der Waals surface area contributed by atoms with Crippen molar-refractivity contribution >= 4 is 34.1 Å². The van der Waals surface area contributed by atoms with Crippen LogP contribution < -0.4 is 10.1 Å². The van der Waals surface area contributed by atoms with Crippen molar-refractivity contribution in [1.29, 1.82) is 0 Å². The van der Waals surface area contributed by atoms with Crippen molar-refractivity contribution < 1.29 is 9.53 Å². The van der Waals surface area contributed by atoms with E-state index in [1.807, 2.05) is 6.92 Å². The molecular weight excluding hydrogens is 306 g/mol. The fourth-order valence-electron chi connectivity index (χ4n) is 1.44. The number of carbonyl (C=O) groups is 1. The van der Waals surface area contributed by atoms with Gasteiger partial charge in [-0.15, -0.1) is 10.2 Å². The lowest BCUT2D eigenvalue weighted by Gasteiger charge is -2.03. The summed E-state index contributed by atoms with van der Waals surface area (Å²) in [6.45, 7) is 5.79. The molecule has 0 aliphatic carbocycles. The highest BCUT2D eigenvalue weighted by molar-refractivity contribution is 8.01. The number of hydrogen-bond donors (Lipinski definition) is 1. The number of benzene rings is 1. The summed E-state index contributed by atoms with van der Waals surface area (Å²) in [6, 6.07) is 6.94. The van der Waals surface area contributed by atoms with Gasteiger partial charge in [0.2, 0.25) is 5.13 Å². The van der Waals surface area contributed by atoms with Gasteiger partial charge in [-0.1, -0.05) is 41.3 Å². The van der Waals surface area contributed by atoms with Gasteiger partial charge in [-0.3, -0.25) is 10.1 Å². The highest BCUT2D eigenvalue weighted by Gasteiger charge is 2.11. The largest absolute Gasteiger partial charge is 0.497 e. The number of amides is 1. The van der Waals surface area contributed by atoms with Crippen molar-refractivity contribution in [3.05, 3.63) is 42.0 Å². The van der Waals surface area contributed by atoms with Crippen LogP contribution in [0, 0.1) is 0 Å². The lowest BCUT2D eigenvalue weighted by atomic mass is 10.2. The van der Waals surface area contributed by atoms with Crippen LogP contribution in [0.15, 0.2) is 40.8 Å². The van der Waals surface area contributed by atoms with E-state index in [0.29, 0.717) is 16.4 Å². The highest BCUT2D eigenvalue weighted by Crippen LogP contribution is 2.27. The topological polar surface area (TPSA) is 64.1 Å². The zero-order chi connectivity index (χ0) is 15.2. The van der Waals surface area contributed by atoms with Gasteiger partial charge in [0.05, 0.1) is 7.11 Å².